The molecule has 19 heavy (non-hydrogen) atoms. The summed E-state index contributed by atoms with van der Waals surface area (Å²) in [7, 11) is 1.33. The number of nitrogens with two attached hydrogens (primary N) is 1. The first-order chi connectivity index (χ1) is 9.05. The smallest absolute Gasteiger partial charge is 0.152 e. The molecule has 2 rings (SSSR count). The summed E-state index contributed by atoms with van der Waals surface area (Å²) >= 11 is 5.90. The van der Waals surface area contributed by atoms with Crippen LogP contribution in [0.2, 0.25) is 5.02 Å². The normalized spacial score (nSPS) is 18.4. The van der Waals surface area contributed by atoms with Crippen LogP contribution >= 0.6 is 11.6 Å². The Bertz CT molecular complexity index is 473. The highest BCUT2D eigenvalue weighted by molar-refractivity contribution is 6.32. The predicted molar refractivity (Wildman–Crippen MR) is 71.7 cm³/mol. The first-order valence-corrected chi connectivity index (χ1v) is 6.85. The van der Waals surface area contributed by atoms with Crippen molar-refractivity contribution in [3.63, 3.8) is 0 Å². The van der Waals surface area contributed by atoms with Crippen molar-refractivity contribution in [1.82, 2.24) is 0 Å². The summed E-state index contributed by atoms with van der Waals surface area (Å²) in [6, 6.07) is 1.15. The lowest BCUT2D eigenvalue weighted by Crippen LogP contribution is -2.39. The molecule has 0 aromatic heterocycles. The van der Waals surface area contributed by atoms with Crippen LogP contribution in [0.4, 0.5) is 8.78 Å². The Kier molecular flexibility index (Phi) is 4.31. The van der Waals surface area contributed by atoms with Gasteiger partial charge in [0, 0.05) is 23.6 Å². The fourth-order valence-corrected chi connectivity index (χ4v) is 3.22. The maximum atomic E-state index is 14.4. The van der Waals surface area contributed by atoms with E-state index in [0.29, 0.717) is 12.8 Å². The van der Waals surface area contributed by atoms with Crippen LogP contribution in [-0.2, 0) is 5.41 Å². The van der Waals surface area contributed by atoms with E-state index >= 15 is 0 Å². The SMILES string of the molecule is COc1cc(F)c(C2(CN)CCCCC2)c(F)c1Cl. The molecule has 0 atom stereocenters. The second-order valence-electron chi connectivity index (χ2n) is 5.11. The molecule has 1 fully saturated rings. The van der Waals surface area contributed by atoms with E-state index in [1.807, 2.05) is 0 Å². The number of rotatable bonds is 3. The van der Waals surface area contributed by atoms with Gasteiger partial charge >= 0.3 is 0 Å². The van der Waals surface area contributed by atoms with Crippen LogP contribution in [0.15, 0.2) is 6.07 Å². The van der Waals surface area contributed by atoms with Crippen LogP contribution in [0, 0.1) is 11.6 Å². The summed E-state index contributed by atoms with van der Waals surface area (Å²) in [5.41, 5.74) is 5.21. The largest absolute Gasteiger partial charge is 0.495 e. The summed E-state index contributed by atoms with van der Waals surface area (Å²) in [4.78, 5) is 0. The summed E-state index contributed by atoms with van der Waals surface area (Å²) in [6.45, 7) is 0.226. The topological polar surface area (TPSA) is 35.2 Å². The fourth-order valence-electron chi connectivity index (χ4n) is 2.99. The standard InChI is InChI=1S/C14H18ClF2NO/c1-19-10-7-9(16)11(13(17)12(10)15)14(8-18)5-3-2-4-6-14/h7H,2-6,8,18H2,1H3. The van der Waals surface area contributed by atoms with Gasteiger partial charge in [-0.2, -0.15) is 0 Å². The molecule has 2 N–H and O–H groups in total. The van der Waals surface area contributed by atoms with E-state index < -0.39 is 17.0 Å². The summed E-state index contributed by atoms with van der Waals surface area (Å²) in [6.07, 6.45) is 4.33. The minimum atomic E-state index is -0.731. The third-order valence-corrected chi connectivity index (χ3v) is 4.43. The molecule has 1 aliphatic rings. The highest BCUT2D eigenvalue weighted by Crippen LogP contribution is 2.44. The van der Waals surface area contributed by atoms with Crippen LogP contribution in [0.3, 0.4) is 0 Å². The highest BCUT2D eigenvalue weighted by atomic mass is 35.5. The third-order valence-electron chi connectivity index (χ3n) is 4.08. The van der Waals surface area contributed by atoms with Crippen molar-refractivity contribution in [1.29, 1.82) is 0 Å². The van der Waals surface area contributed by atoms with Crippen molar-refractivity contribution in [3.8, 4) is 5.75 Å². The van der Waals surface area contributed by atoms with E-state index in [4.69, 9.17) is 22.1 Å². The number of methoxy groups -OCH3 is 1. The molecule has 5 heteroatoms. The van der Waals surface area contributed by atoms with Crippen LogP contribution in [0.1, 0.15) is 37.7 Å². The molecule has 1 aromatic rings. The lowest BCUT2D eigenvalue weighted by atomic mass is 9.69. The Morgan fingerprint density at radius 1 is 1.32 bits per heavy atom. The fraction of sp³-hybridized carbons (Fsp3) is 0.571. The zero-order valence-electron chi connectivity index (χ0n) is 10.9. The number of hydrogen-bond donors (Lipinski definition) is 1. The van der Waals surface area contributed by atoms with Crippen LogP contribution in [0.25, 0.3) is 0 Å². The second-order valence-corrected chi connectivity index (χ2v) is 5.49. The summed E-state index contributed by atoms with van der Waals surface area (Å²) in [5, 5.41) is -0.169. The molecule has 106 valence electrons. The first kappa shape index (κ1) is 14.5. The quantitative estimate of drug-likeness (QED) is 0.859. The Balaban J connectivity index is 2.57. The molecule has 0 unspecified atom stereocenters. The monoisotopic (exact) mass is 289 g/mol. The van der Waals surface area contributed by atoms with Crippen molar-refractivity contribution in [3.05, 3.63) is 28.3 Å². The molecule has 0 bridgehead atoms. The van der Waals surface area contributed by atoms with E-state index in [9.17, 15) is 8.78 Å². The van der Waals surface area contributed by atoms with Crippen molar-refractivity contribution in [2.45, 2.75) is 37.5 Å². The zero-order chi connectivity index (χ0) is 14.0. The van der Waals surface area contributed by atoms with Crippen molar-refractivity contribution in [2.24, 2.45) is 5.73 Å². The molecule has 0 amide bonds. The van der Waals surface area contributed by atoms with E-state index in [1.54, 1.807) is 0 Å². The van der Waals surface area contributed by atoms with E-state index in [1.165, 1.54) is 7.11 Å². The van der Waals surface area contributed by atoms with Gasteiger partial charge in [-0.05, 0) is 12.8 Å². The molecule has 0 heterocycles. The molecule has 0 saturated heterocycles. The lowest BCUT2D eigenvalue weighted by Gasteiger charge is -2.37. The second kappa shape index (κ2) is 5.63. The van der Waals surface area contributed by atoms with Gasteiger partial charge in [-0.1, -0.05) is 30.9 Å². The van der Waals surface area contributed by atoms with E-state index in [0.717, 1.165) is 25.3 Å². The van der Waals surface area contributed by atoms with Gasteiger partial charge in [0.25, 0.3) is 0 Å². The van der Waals surface area contributed by atoms with Gasteiger partial charge in [0.05, 0.1) is 7.11 Å². The van der Waals surface area contributed by atoms with Gasteiger partial charge in [0.2, 0.25) is 0 Å². The minimum absolute atomic E-state index is 0.0170. The number of halogens is 3. The molecule has 0 radical (unpaired) electrons. The molecular formula is C14H18ClF2NO. The van der Waals surface area contributed by atoms with Crippen molar-refractivity contribution < 1.29 is 13.5 Å². The Morgan fingerprint density at radius 2 is 1.95 bits per heavy atom. The summed E-state index contributed by atoms with van der Waals surface area (Å²) < 4.78 is 33.6. The van der Waals surface area contributed by atoms with Crippen molar-refractivity contribution in [2.75, 3.05) is 13.7 Å². The molecule has 0 aliphatic heterocycles. The Morgan fingerprint density at radius 3 is 2.47 bits per heavy atom. The Hall–Kier alpha value is -0.870. The van der Waals surface area contributed by atoms with Gasteiger partial charge in [-0.25, -0.2) is 8.78 Å². The zero-order valence-corrected chi connectivity index (χ0v) is 11.7. The third kappa shape index (κ3) is 2.43. The van der Waals surface area contributed by atoms with Gasteiger partial charge in [-0.15, -0.1) is 0 Å². The van der Waals surface area contributed by atoms with Gasteiger partial charge in [-0.3, -0.25) is 0 Å². The lowest BCUT2D eigenvalue weighted by molar-refractivity contribution is 0.280. The molecule has 2 nitrogen and oxygen atoms in total. The molecule has 0 spiro atoms. The molecule has 1 aromatic carbocycles. The van der Waals surface area contributed by atoms with Crippen LogP contribution < -0.4 is 10.5 Å². The first-order valence-electron chi connectivity index (χ1n) is 6.48. The van der Waals surface area contributed by atoms with Crippen LogP contribution in [0.5, 0.6) is 5.75 Å². The van der Waals surface area contributed by atoms with E-state index in [2.05, 4.69) is 0 Å². The number of hydrogen-bond acceptors (Lipinski definition) is 2. The predicted octanol–water partition coefficient (Wildman–Crippen LogP) is 3.79. The molecule has 1 aliphatic carbocycles. The highest BCUT2D eigenvalue weighted by Gasteiger charge is 2.38. The maximum Gasteiger partial charge on any atom is 0.152 e. The molecular weight excluding hydrogens is 272 g/mol. The molecule has 1 saturated carbocycles. The average molecular weight is 290 g/mol. The van der Waals surface area contributed by atoms with Crippen LogP contribution in [-0.4, -0.2) is 13.7 Å². The van der Waals surface area contributed by atoms with Gasteiger partial charge in [0.15, 0.2) is 5.82 Å². The number of ether oxygens (including phenoxy) is 1. The number of benzene rings is 1. The van der Waals surface area contributed by atoms with Gasteiger partial charge < -0.3 is 10.5 Å². The Labute approximate surface area is 116 Å². The van der Waals surface area contributed by atoms with E-state index in [-0.39, 0.29) is 22.9 Å². The van der Waals surface area contributed by atoms with Gasteiger partial charge in [0.1, 0.15) is 16.6 Å². The minimum Gasteiger partial charge on any atom is -0.495 e. The maximum absolute atomic E-state index is 14.4. The van der Waals surface area contributed by atoms with Crippen molar-refractivity contribution >= 4 is 11.6 Å². The summed E-state index contributed by atoms with van der Waals surface area (Å²) in [5.74, 6) is -1.33. The average Bonchev–Trinajstić information content (AvgIpc) is 2.44.